The van der Waals surface area contributed by atoms with Gasteiger partial charge in [-0.2, -0.15) is 0 Å². The molecule has 106 valence electrons. The second-order valence-electron chi connectivity index (χ2n) is 5.70. The van der Waals surface area contributed by atoms with E-state index >= 15 is 0 Å². The summed E-state index contributed by atoms with van der Waals surface area (Å²) in [7, 11) is 0. The highest BCUT2D eigenvalue weighted by Crippen LogP contribution is 2.12. The summed E-state index contributed by atoms with van der Waals surface area (Å²) < 4.78 is 0. The van der Waals surface area contributed by atoms with E-state index in [0.29, 0.717) is 6.61 Å². The monoisotopic (exact) mass is 255 g/mol. The summed E-state index contributed by atoms with van der Waals surface area (Å²) in [4.78, 5) is 4.99. The summed E-state index contributed by atoms with van der Waals surface area (Å²) in [5, 5.41) is 12.6. The van der Waals surface area contributed by atoms with Crippen LogP contribution in [0.25, 0.3) is 0 Å². The summed E-state index contributed by atoms with van der Waals surface area (Å²) in [6.45, 7) is 8.32. The first-order valence-electron chi connectivity index (χ1n) is 7.67. The van der Waals surface area contributed by atoms with Crippen LogP contribution in [0.3, 0.4) is 0 Å². The third-order valence-corrected chi connectivity index (χ3v) is 4.29. The SMILES string of the molecule is OCCN1CCCN(CCCC2CCCN2)CC1. The molecular weight excluding hydrogens is 226 g/mol. The van der Waals surface area contributed by atoms with E-state index in [4.69, 9.17) is 5.11 Å². The highest BCUT2D eigenvalue weighted by atomic mass is 16.3. The number of rotatable bonds is 6. The smallest absolute Gasteiger partial charge is 0.0558 e. The average molecular weight is 255 g/mol. The molecule has 2 rings (SSSR count). The Morgan fingerprint density at radius 2 is 1.78 bits per heavy atom. The van der Waals surface area contributed by atoms with Gasteiger partial charge in [0.15, 0.2) is 0 Å². The lowest BCUT2D eigenvalue weighted by molar-refractivity contribution is 0.196. The van der Waals surface area contributed by atoms with Crippen molar-refractivity contribution in [2.75, 3.05) is 52.4 Å². The zero-order chi connectivity index (χ0) is 12.6. The van der Waals surface area contributed by atoms with E-state index in [1.54, 1.807) is 0 Å². The second kappa shape index (κ2) is 8.10. The van der Waals surface area contributed by atoms with Crippen LogP contribution < -0.4 is 5.32 Å². The van der Waals surface area contributed by atoms with Crippen molar-refractivity contribution in [1.29, 1.82) is 0 Å². The molecule has 0 aromatic carbocycles. The number of aliphatic hydroxyl groups excluding tert-OH is 1. The highest BCUT2D eigenvalue weighted by Gasteiger charge is 2.16. The number of aliphatic hydroxyl groups is 1. The Hall–Kier alpha value is -0.160. The fraction of sp³-hybridized carbons (Fsp3) is 1.00. The first kappa shape index (κ1) is 14.3. The van der Waals surface area contributed by atoms with Crippen molar-refractivity contribution >= 4 is 0 Å². The minimum Gasteiger partial charge on any atom is -0.395 e. The minimum absolute atomic E-state index is 0.299. The number of hydrogen-bond donors (Lipinski definition) is 2. The van der Waals surface area contributed by atoms with E-state index in [9.17, 15) is 0 Å². The second-order valence-corrected chi connectivity index (χ2v) is 5.70. The van der Waals surface area contributed by atoms with Crippen LogP contribution >= 0.6 is 0 Å². The van der Waals surface area contributed by atoms with Gasteiger partial charge in [-0.25, -0.2) is 0 Å². The van der Waals surface area contributed by atoms with Gasteiger partial charge in [-0.1, -0.05) is 0 Å². The minimum atomic E-state index is 0.299. The molecule has 1 unspecified atom stereocenters. The molecule has 0 radical (unpaired) electrons. The van der Waals surface area contributed by atoms with E-state index in [-0.39, 0.29) is 0 Å². The number of nitrogens with one attached hydrogen (secondary N) is 1. The molecule has 2 saturated heterocycles. The van der Waals surface area contributed by atoms with Gasteiger partial charge >= 0.3 is 0 Å². The van der Waals surface area contributed by atoms with Crippen molar-refractivity contribution in [1.82, 2.24) is 15.1 Å². The summed E-state index contributed by atoms with van der Waals surface area (Å²) in [5.74, 6) is 0. The molecule has 0 bridgehead atoms. The van der Waals surface area contributed by atoms with Crippen LogP contribution in [0.15, 0.2) is 0 Å². The van der Waals surface area contributed by atoms with Crippen molar-refractivity contribution < 1.29 is 5.11 Å². The largest absolute Gasteiger partial charge is 0.395 e. The topological polar surface area (TPSA) is 38.7 Å². The molecule has 4 nitrogen and oxygen atoms in total. The fourth-order valence-electron chi connectivity index (χ4n) is 3.18. The van der Waals surface area contributed by atoms with E-state index in [0.717, 1.165) is 25.7 Å². The maximum atomic E-state index is 8.98. The van der Waals surface area contributed by atoms with Crippen molar-refractivity contribution in [3.8, 4) is 0 Å². The molecule has 0 spiro atoms. The standard InChI is InChI=1S/C14H29N3O/c18-13-12-17-9-3-8-16(10-11-17)7-2-5-14-4-1-6-15-14/h14-15,18H,1-13H2. The Morgan fingerprint density at radius 3 is 2.44 bits per heavy atom. The molecule has 0 aromatic heterocycles. The number of β-amino-alcohol motifs (C(OH)–C–C–N with tert-alkyl or cyclic N) is 1. The Bertz CT molecular complexity index is 219. The van der Waals surface area contributed by atoms with Crippen LogP contribution in [-0.2, 0) is 0 Å². The van der Waals surface area contributed by atoms with Crippen LogP contribution in [-0.4, -0.2) is 73.4 Å². The predicted octanol–water partition coefficient (Wildman–Crippen LogP) is 0.519. The Kier molecular flexibility index (Phi) is 6.41. The third kappa shape index (κ3) is 4.84. The van der Waals surface area contributed by atoms with Crippen LogP contribution in [0.5, 0.6) is 0 Å². The number of hydrogen-bond acceptors (Lipinski definition) is 4. The van der Waals surface area contributed by atoms with Gasteiger partial charge in [0.2, 0.25) is 0 Å². The van der Waals surface area contributed by atoms with E-state index < -0.39 is 0 Å². The summed E-state index contributed by atoms with van der Waals surface area (Å²) >= 11 is 0. The lowest BCUT2D eigenvalue weighted by atomic mass is 10.1. The highest BCUT2D eigenvalue weighted by molar-refractivity contribution is 4.75. The van der Waals surface area contributed by atoms with E-state index in [1.807, 2.05) is 0 Å². The van der Waals surface area contributed by atoms with Crippen LogP contribution in [0, 0.1) is 0 Å². The first-order valence-corrected chi connectivity index (χ1v) is 7.67. The summed E-state index contributed by atoms with van der Waals surface area (Å²) in [6.07, 6.45) is 6.67. The maximum Gasteiger partial charge on any atom is 0.0558 e. The molecule has 2 aliphatic rings. The normalized spacial score (nSPS) is 27.5. The van der Waals surface area contributed by atoms with Gasteiger partial charge in [0.25, 0.3) is 0 Å². The van der Waals surface area contributed by atoms with Gasteiger partial charge in [-0.15, -0.1) is 0 Å². The van der Waals surface area contributed by atoms with Crippen molar-refractivity contribution in [3.63, 3.8) is 0 Å². The molecule has 2 fully saturated rings. The van der Waals surface area contributed by atoms with Gasteiger partial charge in [0.1, 0.15) is 0 Å². The molecular formula is C14H29N3O. The molecule has 0 aliphatic carbocycles. The lowest BCUT2D eigenvalue weighted by Crippen LogP contribution is -2.33. The molecule has 0 amide bonds. The van der Waals surface area contributed by atoms with E-state index in [1.165, 1.54) is 58.3 Å². The van der Waals surface area contributed by atoms with Crippen molar-refractivity contribution in [3.05, 3.63) is 0 Å². The fourth-order valence-corrected chi connectivity index (χ4v) is 3.18. The molecule has 1 atom stereocenters. The van der Waals surface area contributed by atoms with Crippen molar-refractivity contribution in [2.24, 2.45) is 0 Å². The molecule has 4 heteroatoms. The zero-order valence-corrected chi connectivity index (χ0v) is 11.6. The Balaban J connectivity index is 1.58. The third-order valence-electron chi connectivity index (χ3n) is 4.29. The molecule has 2 N–H and O–H groups in total. The van der Waals surface area contributed by atoms with Crippen LogP contribution in [0.1, 0.15) is 32.1 Å². The van der Waals surface area contributed by atoms with Gasteiger partial charge in [0, 0.05) is 25.7 Å². The van der Waals surface area contributed by atoms with Crippen molar-refractivity contribution in [2.45, 2.75) is 38.1 Å². The average Bonchev–Trinajstić information content (AvgIpc) is 2.78. The summed E-state index contributed by atoms with van der Waals surface area (Å²) in [6, 6.07) is 0.794. The molecule has 2 heterocycles. The predicted molar refractivity (Wildman–Crippen MR) is 74.8 cm³/mol. The first-order chi connectivity index (χ1) is 8.88. The van der Waals surface area contributed by atoms with Gasteiger partial charge in [0.05, 0.1) is 6.61 Å². The Morgan fingerprint density at radius 1 is 1.00 bits per heavy atom. The summed E-state index contributed by atoms with van der Waals surface area (Å²) in [5.41, 5.74) is 0. The van der Waals surface area contributed by atoms with Crippen LogP contribution in [0.2, 0.25) is 0 Å². The number of nitrogens with zero attached hydrogens (tertiary/aromatic N) is 2. The zero-order valence-electron chi connectivity index (χ0n) is 11.6. The Labute approximate surface area is 111 Å². The molecule has 0 aromatic rings. The van der Waals surface area contributed by atoms with Gasteiger partial charge in [-0.05, 0) is 58.3 Å². The molecule has 2 aliphatic heterocycles. The molecule has 0 saturated carbocycles. The maximum absolute atomic E-state index is 8.98. The van der Waals surface area contributed by atoms with Gasteiger partial charge < -0.3 is 15.3 Å². The van der Waals surface area contributed by atoms with E-state index in [2.05, 4.69) is 15.1 Å². The van der Waals surface area contributed by atoms with Crippen LogP contribution in [0.4, 0.5) is 0 Å². The quantitative estimate of drug-likeness (QED) is 0.726. The molecule has 18 heavy (non-hydrogen) atoms. The lowest BCUT2D eigenvalue weighted by Gasteiger charge is -2.21. The van der Waals surface area contributed by atoms with Gasteiger partial charge in [-0.3, -0.25) is 4.90 Å².